The smallest absolute Gasteiger partial charge is 0.340 e. The quantitative estimate of drug-likeness (QED) is 0.260. The number of urea groups is 1. The summed E-state index contributed by atoms with van der Waals surface area (Å²) in [6, 6.07) is 13.7. The number of rotatable bonds is 5. The number of primary amides is 1. The predicted molar refractivity (Wildman–Crippen MR) is 134 cm³/mol. The highest BCUT2D eigenvalue weighted by atomic mass is 32.1. The van der Waals surface area contributed by atoms with Crippen molar-refractivity contribution in [3.8, 4) is 23.0 Å². The van der Waals surface area contributed by atoms with Crippen LogP contribution in [0.15, 0.2) is 54.6 Å². The molecular weight excluding hydrogens is 482 g/mol. The lowest BCUT2D eigenvalue weighted by Gasteiger charge is -2.36. The van der Waals surface area contributed by atoms with E-state index >= 15 is 0 Å². The van der Waals surface area contributed by atoms with Gasteiger partial charge in [-0.25, -0.2) is 9.59 Å². The van der Waals surface area contributed by atoms with Crippen molar-refractivity contribution in [2.45, 2.75) is 24.4 Å². The molecule has 2 heterocycles. The average Bonchev–Trinajstić information content (AvgIpc) is 3.11. The van der Waals surface area contributed by atoms with E-state index in [2.05, 4.69) is 5.32 Å². The highest BCUT2D eigenvalue weighted by Gasteiger charge is 2.53. The summed E-state index contributed by atoms with van der Waals surface area (Å²) in [6.07, 6.45) is 1.19. The first kappa shape index (κ1) is 23.6. The minimum atomic E-state index is -1.35. The number of nitrogens with one attached hydrogen (secondary N) is 1. The number of aromatic hydroxyl groups is 2. The maximum atomic E-state index is 13.3. The summed E-state index contributed by atoms with van der Waals surface area (Å²) in [7, 11) is 0. The average molecular weight is 506 g/mol. The third-order valence-corrected chi connectivity index (χ3v) is 6.85. The van der Waals surface area contributed by atoms with E-state index in [9.17, 15) is 19.8 Å². The fourth-order valence-corrected chi connectivity index (χ4v) is 5.27. The number of fused-ring (bicyclic) bond motifs is 6. The van der Waals surface area contributed by atoms with Gasteiger partial charge in [0.2, 0.25) is 0 Å². The molecule has 7 N–H and O–H groups in total. The second-order valence-electron chi connectivity index (χ2n) is 8.68. The van der Waals surface area contributed by atoms with Crippen LogP contribution >= 0.6 is 12.2 Å². The van der Waals surface area contributed by atoms with Gasteiger partial charge in [0.1, 0.15) is 23.0 Å². The molecule has 2 amide bonds. The Morgan fingerprint density at radius 1 is 1.00 bits per heavy atom. The van der Waals surface area contributed by atoms with Crippen LogP contribution in [0.3, 0.4) is 0 Å². The van der Waals surface area contributed by atoms with Crippen molar-refractivity contribution in [2.75, 3.05) is 6.54 Å². The second-order valence-corrected chi connectivity index (χ2v) is 9.12. The first-order chi connectivity index (χ1) is 17.2. The Morgan fingerprint density at radius 3 is 2.19 bits per heavy atom. The molecule has 1 atom stereocenters. The first-order valence-electron chi connectivity index (χ1n) is 11.3. The van der Waals surface area contributed by atoms with Crippen molar-refractivity contribution in [2.24, 2.45) is 11.5 Å². The van der Waals surface area contributed by atoms with Crippen LogP contribution in [-0.4, -0.2) is 33.7 Å². The highest BCUT2D eigenvalue weighted by Crippen LogP contribution is 2.57. The zero-order valence-electron chi connectivity index (χ0n) is 19.0. The van der Waals surface area contributed by atoms with E-state index in [0.717, 1.165) is 0 Å². The van der Waals surface area contributed by atoms with E-state index in [1.165, 1.54) is 24.3 Å². The molecule has 9 nitrogen and oxygen atoms in total. The molecule has 5 rings (SSSR count). The summed E-state index contributed by atoms with van der Waals surface area (Å²) < 4.78 is 12.1. The summed E-state index contributed by atoms with van der Waals surface area (Å²) >= 11 is 5.42. The zero-order valence-corrected chi connectivity index (χ0v) is 19.8. The van der Waals surface area contributed by atoms with Gasteiger partial charge in [-0.3, -0.25) is 0 Å². The molecule has 0 bridgehead atoms. The topological polar surface area (TPSA) is 157 Å². The van der Waals surface area contributed by atoms with Crippen molar-refractivity contribution < 1.29 is 29.3 Å². The number of hydrogen-bond donors (Lipinski definition) is 5. The Kier molecular flexibility index (Phi) is 5.77. The van der Waals surface area contributed by atoms with Gasteiger partial charge in [-0.1, -0.05) is 24.4 Å². The maximum Gasteiger partial charge on any atom is 0.340 e. The predicted octanol–water partition coefficient (Wildman–Crippen LogP) is 3.48. The van der Waals surface area contributed by atoms with Crippen LogP contribution in [0.4, 0.5) is 4.79 Å². The Balaban J connectivity index is 1.68. The summed E-state index contributed by atoms with van der Waals surface area (Å²) in [5.41, 5.74) is 12.3. The van der Waals surface area contributed by atoms with Crippen LogP contribution in [0.1, 0.15) is 51.4 Å². The van der Waals surface area contributed by atoms with Crippen LogP contribution in [-0.2, 0) is 10.3 Å². The number of carbonyl (C=O) groups excluding carboxylic acids is 2. The number of hydrogen-bond acceptors (Lipinski definition) is 8. The zero-order chi connectivity index (χ0) is 25.6. The molecule has 2 aliphatic rings. The van der Waals surface area contributed by atoms with Gasteiger partial charge in [0.15, 0.2) is 5.60 Å². The molecule has 1 spiro atoms. The first-order valence-corrected chi connectivity index (χ1v) is 11.7. The molecule has 0 fully saturated rings. The van der Waals surface area contributed by atoms with Gasteiger partial charge < -0.3 is 36.5 Å². The van der Waals surface area contributed by atoms with Gasteiger partial charge in [0.05, 0.1) is 10.6 Å². The summed E-state index contributed by atoms with van der Waals surface area (Å²) in [5, 5.41) is 22.6. The highest BCUT2D eigenvalue weighted by molar-refractivity contribution is 7.80. The minimum Gasteiger partial charge on any atom is -0.508 e. The van der Waals surface area contributed by atoms with Crippen molar-refractivity contribution >= 4 is 29.2 Å². The minimum absolute atomic E-state index is 0.0226. The Bertz CT molecular complexity index is 1370. The van der Waals surface area contributed by atoms with Crippen LogP contribution in [0, 0.1) is 0 Å². The summed E-state index contributed by atoms with van der Waals surface area (Å²) in [5.74, 6) is -0.404. The van der Waals surface area contributed by atoms with Crippen LogP contribution < -0.4 is 21.5 Å². The lowest BCUT2D eigenvalue weighted by Crippen LogP contribution is -2.37. The van der Waals surface area contributed by atoms with Gasteiger partial charge in [0.25, 0.3) is 0 Å². The second kappa shape index (κ2) is 8.81. The Hall–Kier alpha value is -4.15. The number of benzene rings is 3. The molecule has 0 saturated carbocycles. The van der Waals surface area contributed by atoms with Gasteiger partial charge in [-0.2, -0.15) is 0 Å². The van der Waals surface area contributed by atoms with E-state index in [4.69, 9.17) is 33.2 Å². The molecule has 1 unspecified atom stereocenters. The fourth-order valence-electron chi connectivity index (χ4n) is 4.92. The third kappa shape index (κ3) is 3.71. The standard InChI is InChI=1S/C26H23N3O6S/c27-9-1-2-16(23(36)29-25(28)33)13-3-6-18-17(10-13)24(32)35-26(18)19-7-4-14(30)11-21(19)34-22-12-15(31)5-8-20(22)26/h3-8,10-12,16,30-31H,1-2,9,27H2,(H3,28,29,33,36). The third-order valence-electron chi connectivity index (χ3n) is 6.46. The molecule has 36 heavy (non-hydrogen) atoms. The van der Waals surface area contributed by atoms with Gasteiger partial charge in [-0.15, -0.1) is 0 Å². The Labute approximate surface area is 211 Å². The molecule has 10 heteroatoms. The van der Waals surface area contributed by atoms with Gasteiger partial charge in [0, 0.05) is 34.7 Å². The largest absolute Gasteiger partial charge is 0.508 e. The number of nitrogens with two attached hydrogens (primary N) is 2. The van der Waals surface area contributed by atoms with Crippen molar-refractivity contribution in [1.82, 2.24) is 5.32 Å². The summed E-state index contributed by atoms with van der Waals surface area (Å²) in [4.78, 5) is 25.0. The Morgan fingerprint density at radius 2 is 1.61 bits per heavy atom. The molecule has 0 radical (unpaired) electrons. The van der Waals surface area contributed by atoms with Crippen LogP contribution in [0.2, 0.25) is 0 Å². The lowest BCUT2D eigenvalue weighted by molar-refractivity contribution is 0.0224. The number of amides is 2. The molecular formula is C26H23N3O6S. The van der Waals surface area contributed by atoms with E-state index in [1.54, 1.807) is 24.3 Å². The lowest BCUT2D eigenvalue weighted by atomic mass is 9.77. The van der Waals surface area contributed by atoms with E-state index in [0.29, 0.717) is 58.7 Å². The normalized spacial score (nSPS) is 15.2. The molecule has 0 aliphatic carbocycles. The number of carbonyl (C=O) groups is 2. The number of phenols is 2. The van der Waals surface area contributed by atoms with Crippen molar-refractivity contribution in [3.05, 3.63) is 82.4 Å². The fraction of sp³-hybridized carbons (Fsp3) is 0.192. The van der Waals surface area contributed by atoms with Gasteiger partial charge >= 0.3 is 12.0 Å². The maximum absolute atomic E-state index is 13.3. The number of phenolic OH excluding ortho intramolecular Hbond substituents is 2. The van der Waals surface area contributed by atoms with E-state index < -0.39 is 23.5 Å². The number of ether oxygens (including phenoxy) is 2. The number of esters is 1. The molecule has 0 aromatic heterocycles. The monoisotopic (exact) mass is 505 g/mol. The van der Waals surface area contributed by atoms with E-state index in [-0.39, 0.29) is 16.5 Å². The summed E-state index contributed by atoms with van der Waals surface area (Å²) in [6.45, 7) is 0.430. The molecule has 3 aromatic rings. The molecule has 0 saturated heterocycles. The van der Waals surface area contributed by atoms with Gasteiger partial charge in [-0.05, 0) is 55.3 Å². The van der Waals surface area contributed by atoms with Crippen LogP contribution in [0.5, 0.6) is 23.0 Å². The van der Waals surface area contributed by atoms with E-state index in [1.807, 2.05) is 6.07 Å². The molecule has 3 aromatic carbocycles. The SMILES string of the molecule is NCCCC(C(=S)NC(N)=O)c1ccc2c(c1)C(=O)OC21c2ccc(O)cc2Oc2cc(O)ccc21. The molecule has 184 valence electrons. The van der Waals surface area contributed by atoms with Crippen molar-refractivity contribution in [3.63, 3.8) is 0 Å². The molecule has 2 aliphatic heterocycles. The van der Waals surface area contributed by atoms with Crippen molar-refractivity contribution in [1.29, 1.82) is 0 Å². The number of thiocarbonyl (C=S) groups is 1. The van der Waals surface area contributed by atoms with Crippen LogP contribution in [0.25, 0.3) is 0 Å².